The number of amides is 1. The molecular weight excluding hydrogens is 566 g/mol. The first-order valence-corrected chi connectivity index (χ1v) is 14.7. The van der Waals surface area contributed by atoms with Crippen LogP contribution in [0.3, 0.4) is 0 Å². The molecule has 6 rings (SSSR count). The number of aliphatic imine (C=N–C) groups is 1. The van der Waals surface area contributed by atoms with Crippen molar-refractivity contribution in [3.8, 4) is 11.1 Å². The lowest BCUT2D eigenvalue weighted by Gasteiger charge is -2.18. The fourth-order valence-electron chi connectivity index (χ4n) is 5.85. The molecule has 2 heterocycles. The molecule has 218 valence electrons. The van der Waals surface area contributed by atoms with Gasteiger partial charge in [0.2, 0.25) is 11.8 Å². The van der Waals surface area contributed by atoms with Gasteiger partial charge in [0.15, 0.2) is 11.4 Å². The zero-order chi connectivity index (χ0) is 30.1. The van der Waals surface area contributed by atoms with Crippen LogP contribution in [0.25, 0.3) is 11.1 Å². The Morgan fingerprint density at radius 2 is 1.65 bits per heavy atom. The number of benzene rings is 3. The molecule has 1 N–H and O–H groups in total. The zero-order valence-corrected chi connectivity index (χ0v) is 24.6. The summed E-state index contributed by atoms with van der Waals surface area (Å²) in [4.78, 5) is 49.1. The fourth-order valence-corrected chi connectivity index (χ4v) is 5.98. The minimum absolute atomic E-state index is 0.0246. The van der Waals surface area contributed by atoms with Gasteiger partial charge in [0.1, 0.15) is 6.61 Å². The SMILES string of the molecule is COC(=O)CC1[NH+]=C(OCC2c3ccccc3-c3ccccc32)N(C2=CC(C)CCN=C2C(=O)c2ccc(Cl)cc2)C1=O. The summed E-state index contributed by atoms with van der Waals surface area (Å²) in [6.45, 7) is 2.66. The molecule has 8 nitrogen and oxygen atoms in total. The number of allylic oxidation sites excluding steroid dienone is 2. The summed E-state index contributed by atoms with van der Waals surface area (Å²) in [6, 6.07) is 22.2. The zero-order valence-electron chi connectivity index (χ0n) is 23.9. The summed E-state index contributed by atoms with van der Waals surface area (Å²) in [5.74, 6) is -1.36. The number of hydrogen-bond donors (Lipinski definition) is 1. The Morgan fingerprint density at radius 3 is 2.30 bits per heavy atom. The van der Waals surface area contributed by atoms with Gasteiger partial charge in [-0.1, -0.05) is 67.1 Å². The topological polar surface area (TPSA) is 99.2 Å². The number of Topliss-reactive ketones (excluding diaryl/α,β-unsaturated/α-hetero) is 1. The van der Waals surface area contributed by atoms with Crippen LogP contribution in [0.15, 0.2) is 89.6 Å². The van der Waals surface area contributed by atoms with Gasteiger partial charge >= 0.3 is 17.9 Å². The van der Waals surface area contributed by atoms with Gasteiger partial charge in [0, 0.05) is 23.0 Å². The van der Waals surface area contributed by atoms with E-state index in [0.717, 1.165) is 22.3 Å². The Bertz CT molecular complexity index is 1650. The van der Waals surface area contributed by atoms with E-state index in [0.29, 0.717) is 29.2 Å². The van der Waals surface area contributed by atoms with Gasteiger partial charge in [-0.25, -0.2) is 9.79 Å². The molecule has 0 saturated heterocycles. The number of amidine groups is 1. The number of carbonyl (C=O) groups is 3. The van der Waals surface area contributed by atoms with E-state index in [1.165, 1.54) is 12.0 Å². The number of methoxy groups -OCH3 is 1. The van der Waals surface area contributed by atoms with Crippen molar-refractivity contribution in [1.82, 2.24) is 4.90 Å². The molecule has 0 fully saturated rings. The number of carbonyl (C=O) groups excluding carboxylic acids is 3. The minimum atomic E-state index is -0.933. The summed E-state index contributed by atoms with van der Waals surface area (Å²) < 4.78 is 11.3. The predicted octanol–water partition coefficient (Wildman–Crippen LogP) is 3.93. The maximum absolute atomic E-state index is 14.0. The smallest absolute Gasteiger partial charge is 0.458 e. The molecule has 3 aromatic carbocycles. The Balaban J connectivity index is 1.36. The van der Waals surface area contributed by atoms with E-state index in [-0.39, 0.29) is 42.4 Å². The first-order valence-electron chi connectivity index (χ1n) is 14.3. The molecule has 43 heavy (non-hydrogen) atoms. The third-order valence-electron chi connectivity index (χ3n) is 8.07. The number of ether oxygens (including phenoxy) is 2. The van der Waals surface area contributed by atoms with E-state index in [1.54, 1.807) is 24.3 Å². The summed E-state index contributed by atoms with van der Waals surface area (Å²) >= 11 is 6.07. The molecule has 0 aromatic heterocycles. The maximum atomic E-state index is 14.0. The quantitative estimate of drug-likeness (QED) is 0.329. The highest BCUT2D eigenvalue weighted by Crippen LogP contribution is 2.44. The summed E-state index contributed by atoms with van der Waals surface area (Å²) in [7, 11) is 1.28. The van der Waals surface area contributed by atoms with Crippen molar-refractivity contribution in [2.24, 2.45) is 10.9 Å². The van der Waals surface area contributed by atoms with E-state index in [2.05, 4.69) is 34.3 Å². The average molecular weight is 597 g/mol. The first kappa shape index (κ1) is 28.6. The van der Waals surface area contributed by atoms with Crippen LogP contribution in [0.2, 0.25) is 5.02 Å². The van der Waals surface area contributed by atoms with E-state index < -0.39 is 17.9 Å². The number of esters is 1. The third kappa shape index (κ3) is 5.50. The third-order valence-corrected chi connectivity index (χ3v) is 8.32. The van der Waals surface area contributed by atoms with Gasteiger partial charge in [0.05, 0.1) is 13.5 Å². The van der Waals surface area contributed by atoms with Crippen LogP contribution in [-0.4, -0.2) is 60.6 Å². The van der Waals surface area contributed by atoms with E-state index >= 15 is 0 Å². The highest BCUT2D eigenvalue weighted by atomic mass is 35.5. The summed E-state index contributed by atoms with van der Waals surface area (Å²) in [6.07, 6.45) is 2.38. The van der Waals surface area contributed by atoms with Crippen molar-refractivity contribution in [3.63, 3.8) is 0 Å². The number of rotatable bonds is 7. The van der Waals surface area contributed by atoms with Gasteiger partial charge in [-0.2, -0.15) is 0 Å². The van der Waals surface area contributed by atoms with Crippen molar-refractivity contribution in [3.05, 3.63) is 106 Å². The summed E-state index contributed by atoms with van der Waals surface area (Å²) in [5, 5.41) is 0.507. The second-order valence-electron chi connectivity index (χ2n) is 10.9. The molecule has 9 heteroatoms. The lowest BCUT2D eigenvalue weighted by atomic mass is 9.98. The van der Waals surface area contributed by atoms with Gasteiger partial charge in [-0.05, 0) is 64.9 Å². The highest BCUT2D eigenvalue weighted by Gasteiger charge is 2.50. The normalized spacial score (nSPS) is 19.6. The highest BCUT2D eigenvalue weighted by molar-refractivity contribution is 6.52. The van der Waals surface area contributed by atoms with Crippen LogP contribution in [-0.2, 0) is 19.1 Å². The van der Waals surface area contributed by atoms with Crippen molar-refractivity contribution in [2.45, 2.75) is 31.7 Å². The standard InChI is InChI=1S/C34H30ClN3O5/c1-20-15-16-36-31(32(40)21-11-13-22(35)14-12-21)29(17-20)38-33(41)28(18-30(39)42-2)37-34(38)43-19-27-25-9-5-3-7-23(25)24-8-4-6-10-26(24)27/h3-14,17,20,27-28H,15-16,18-19H2,1-2H3/p+1. The van der Waals surface area contributed by atoms with Gasteiger partial charge in [-0.3, -0.25) is 14.6 Å². The molecule has 1 aliphatic carbocycles. The second-order valence-corrected chi connectivity index (χ2v) is 11.3. The van der Waals surface area contributed by atoms with Crippen LogP contribution in [0.5, 0.6) is 0 Å². The molecule has 0 radical (unpaired) electrons. The maximum Gasteiger partial charge on any atom is 0.458 e. The van der Waals surface area contributed by atoms with Crippen LogP contribution in [0.4, 0.5) is 0 Å². The largest absolute Gasteiger partial charge is 0.469 e. The first-order chi connectivity index (χ1) is 20.9. The number of fused-ring (bicyclic) bond motifs is 3. The molecule has 0 saturated carbocycles. The lowest BCUT2D eigenvalue weighted by molar-refractivity contribution is -0.489. The molecule has 3 aliphatic rings. The number of ketones is 1. The minimum Gasteiger partial charge on any atom is -0.469 e. The van der Waals surface area contributed by atoms with Gasteiger partial charge in [-0.15, -0.1) is 4.90 Å². The van der Waals surface area contributed by atoms with Crippen LogP contribution in [0, 0.1) is 5.92 Å². The number of halogens is 1. The monoisotopic (exact) mass is 596 g/mol. The van der Waals surface area contributed by atoms with Crippen molar-refractivity contribution in [2.75, 3.05) is 20.3 Å². The van der Waals surface area contributed by atoms with Crippen LogP contribution < -0.4 is 4.99 Å². The van der Waals surface area contributed by atoms with Crippen LogP contribution in [0.1, 0.15) is 47.2 Å². The fraction of sp³-hybridized carbons (Fsp3) is 0.265. The number of nitrogens with one attached hydrogen (secondary N) is 1. The van der Waals surface area contributed by atoms with Gasteiger partial charge < -0.3 is 9.47 Å². The molecule has 2 aliphatic heterocycles. The Kier molecular flexibility index (Phi) is 7.95. The Labute approximate surface area is 254 Å². The van der Waals surface area contributed by atoms with Crippen molar-refractivity contribution in [1.29, 1.82) is 0 Å². The Hall–Kier alpha value is -4.56. The van der Waals surface area contributed by atoms with Gasteiger partial charge in [0.25, 0.3) is 0 Å². The molecule has 3 aromatic rings. The second kappa shape index (κ2) is 12.0. The van der Waals surface area contributed by atoms with Crippen molar-refractivity contribution < 1.29 is 28.8 Å². The molecule has 0 spiro atoms. The van der Waals surface area contributed by atoms with Crippen molar-refractivity contribution >= 4 is 41.0 Å². The number of nitrogens with zero attached hydrogens (tertiary/aromatic N) is 2. The van der Waals surface area contributed by atoms with E-state index in [4.69, 9.17) is 21.1 Å². The number of hydrogen-bond acceptors (Lipinski definition) is 6. The Morgan fingerprint density at radius 1 is 1.00 bits per heavy atom. The predicted molar refractivity (Wildman–Crippen MR) is 163 cm³/mol. The molecule has 2 atom stereocenters. The summed E-state index contributed by atoms with van der Waals surface area (Å²) in [5.41, 5.74) is 5.44. The molecule has 1 amide bonds. The molecule has 2 unspecified atom stereocenters. The van der Waals surface area contributed by atoms with Crippen LogP contribution >= 0.6 is 11.6 Å². The van der Waals surface area contributed by atoms with E-state index in [1.807, 2.05) is 37.3 Å². The molecular formula is C34H31ClN3O5+. The molecule has 0 bridgehead atoms. The average Bonchev–Trinajstić information content (AvgIpc) is 3.42. The lowest BCUT2D eigenvalue weighted by Crippen LogP contribution is -2.78. The van der Waals surface area contributed by atoms with E-state index in [9.17, 15) is 14.4 Å².